The molecule has 1 fully saturated rings. The summed E-state index contributed by atoms with van der Waals surface area (Å²) in [5.74, 6) is 0.702. The smallest absolute Gasteiger partial charge is 0.238 e. The van der Waals surface area contributed by atoms with Crippen LogP contribution in [0.5, 0.6) is 5.75 Å². The first-order valence-corrected chi connectivity index (χ1v) is 6.63. The Balaban J connectivity index is 1.90. The number of nitrogens with zero attached hydrogens (tertiary/aromatic N) is 1. The Kier molecular flexibility index (Phi) is 4.76. The highest BCUT2D eigenvalue weighted by atomic mass is 16.5. The van der Waals surface area contributed by atoms with E-state index in [0.717, 1.165) is 18.8 Å². The first-order chi connectivity index (χ1) is 9.20. The van der Waals surface area contributed by atoms with Gasteiger partial charge in [-0.05, 0) is 26.1 Å². The Bertz CT molecular complexity index is 432. The average molecular weight is 263 g/mol. The number of hydrogen-bond acceptors (Lipinski definition) is 4. The van der Waals surface area contributed by atoms with E-state index in [1.165, 1.54) is 0 Å². The van der Waals surface area contributed by atoms with Gasteiger partial charge in [-0.1, -0.05) is 12.1 Å². The first kappa shape index (κ1) is 13.8. The fourth-order valence-corrected chi connectivity index (χ4v) is 1.98. The average Bonchev–Trinajstić information content (AvgIpc) is 2.29. The summed E-state index contributed by atoms with van der Waals surface area (Å²) in [6, 6.07) is 7.96. The Labute approximate surface area is 113 Å². The quantitative estimate of drug-likeness (QED) is 0.801. The Morgan fingerprint density at radius 3 is 2.84 bits per heavy atom. The molecular formula is C14H21N3O2. The van der Waals surface area contributed by atoms with Crippen LogP contribution < -0.4 is 15.4 Å². The van der Waals surface area contributed by atoms with Crippen molar-refractivity contribution in [3.05, 3.63) is 24.3 Å². The zero-order chi connectivity index (χ0) is 13.7. The molecule has 0 aliphatic carbocycles. The number of amides is 1. The zero-order valence-corrected chi connectivity index (χ0v) is 11.5. The van der Waals surface area contributed by atoms with E-state index in [0.29, 0.717) is 24.9 Å². The maximum Gasteiger partial charge on any atom is 0.238 e. The van der Waals surface area contributed by atoms with E-state index < -0.39 is 0 Å². The largest absolute Gasteiger partial charge is 0.492 e. The first-order valence-electron chi connectivity index (χ1n) is 6.63. The van der Waals surface area contributed by atoms with Gasteiger partial charge in [0.15, 0.2) is 0 Å². The van der Waals surface area contributed by atoms with Crippen LogP contribution in [0, 0.1) is 0 Å². The highest BCUT2D eigenvalue weighted by molar-refractivity contribution is 5.93. The normalized spacial score (nSPS) is 15.1. The third kappa shape index (κ3) is 3.68. The van der Waals surface area contributed by atoms with E-state index in [1.54, 1.807) is 0 Å². The number of benzene rings is 1. The van der Waals surface area contributed by atoms with E-state index >= 15 is 0 Å². The van der Waals surface area contributed by atoms with E-state index in [2.05, 4.69) is 15.5 Å². The topological polar surface area (TPSA) is 53.6 Å². The summed E-state index contributed by atoms with van der Waals surface area (Å²) in [7, 11) is 1.97. The molecule has 1 amide bonds. The van der Waals surface area contributed by atoms with Crippen LogP contribution in [0.15, 0.2) is 24.3 Å². The second kappa shape index (κ2) is 6.54. The number of ether oxygens (including phenoxy) is 1. The second-order valence-electron chi connectivity index (χ2n) is 4.70. The highest BCUT2D eigenvalue weighted by Crippen LogP contribution is 2.23. The molecule has 0 bridgehead atoms. The molecule has 0 atom stereocenters. The molecule has 0 aromatic heterocycles. The van der Waals surface area contributed by atoms with Gasteiger partial charge >= 0.3 is 0 Å². The Morgan fingerprint density at radius 1 is 1.47 bits per heavy atom. The third-order valence-electron chi connectivity index (χ3n) is 3.24. The Hall–Kier alpha value is -1.59. The van der Waals surface area contributed by atoms with Gasteiger partial charge in [-0.3, -0.25) is 9.69 Å². The third-order valence-corrected chi connectivity index (χ3v) is 3.24. The molecule has 0 unspecified atom stereocenters. The summed E-state index contributed by atoms with van der Waals surface area (Å²) in [6.07, 6.45) is 0. The van der Waals surface area contributed by atoms with E-state index in [1.807, 2.05) is 38.2 Å². The molecule has 1 aromatic rings. The lowest BCUT2D eigenvalue weighted by Gasteiger charge is -2.35. The molecule has 1 aliphatic rings. The number of hydrogen-bond donors (Lipinski definition) is 2. The minimum absolute atomic E-state index is 0.0125. The van der Waals surface area contributed by atoms with Gasteiger partial charge in [0.05, 0.1) is 18.8 Å². The second-order valence-corrected chi connectivity index (χ2v) is 4.70. The summed E-state index contributed by atoms with van der Waals surface area (Å²) in [4.78, 5) is 14.1. The molecule has 1 saturated heterocycles. The minimum atomic E-state index is -0.0125. The lowest BCUT2D eigenvalue weighted by Crippen LogP contribution is -2.57. The lowest BCUT2D eigenvalue weighted by atomic mass is 10.1. The molecule has 104 valence electrons. The molecule has 0 spiro atoms. The SMILES string of the molecule is CCOc1ccccc1NC(=O)CN(C)C1CNC1. The van der Waals surface area contributed by atoms with Crippen molar-refractivity contribution < 1.29 is 9.53 Å². The number of carbonyl (C=O) groups is 1. The van der Waals surface area contributed by atoms with Crippen LogP contribution in [0.25, 0.3) is 0 Å². The predicted molar refractivity (Wildman–Crippen MR) is 75.5 cm³/mol. The van der Waals surface area contributed by atoms with Crippen LogP contribution in [-0.2, 0) is 4.79 Å². The monoisotopic (exact) mass is 263 g/mol. The van der Waals surface area contributed by atoms with Crippen molar-refractivity contribution in [2.75, 3.05) is 38.6 Å². The lowest BCUT2D eigenvalue weighted by molar-refractivity contribution is -0.117. The molecule has 2 N–H and O–H groups in total. The van der Waals surface area contributed by atoms with Crippen LogP contribution in [0.4, 0.5) is 5.69 Å². The molecule has 19 heavy (non-hydrogen) atoms. The minimum Gasteiger partial charge on any atom is -0.492 e. The fourth-order valence-electron chi connectivity index (χ4n) is 1.98. The number of nitrogens with one attached hydrogen (secondary N) is 2. The van der Waals surface area contributed by atoms with Gasteiger partial charge in [0.25, 0.3) is 0 Å². The van der Waals surface area contributed by atoms with E-state index in [4.69, 9.17) is 4.74 Å². The van der Waals surface area contributed by atoms with Crippen molar-refractivity contribution in [1.82, 2.24) is 10.2 Å². The summed E-state index contributed by atoms with van der Waals surface area (Å²) in [6.45, 7) is 4.82. The van der Waals surface area contributed by atoms with Gasteiger partial charge in [0.1, 0.15) is 5.75 Å². The van der Waals surface area contributed by atoms with E-state index in [-0.39, 0.29) is 5.91 Å². The number of likely N-dealkylation sites (N-methyl/N-ethyl adjacent to an activating group) is 1. The van der Waals surface area contributed by atoms with E-state index in [9.17, 15) is 4.79 Å². The van der Waals surface area contributed by atoms with Crippen molar-refractivity contribution in [3.8, 4) is 5.75 Å². The zero-order valence-electron chi connectivity index (χ0n) is 11.5. The van der Waals surface area contributed by atoms with Crippen LogP contribution >= 0.6 is 0 Å². The summed E-state index contributed by atoms with van der Waals surface area (Å²) in [5, 5.41) is 6.10. The molecule has 5 nitrogen and oxygen atoms in total. The van der Waals surface area contributed by atoms with Crippen molar-refractivity contribution in [2.24, 2.45) is 0 Å². The fraction of sp³-hybridized carbons (Fsp3) is 0.500. The van der Waals surface area contributed by atoms with Crippen molar-refractivity contribution >= 4 is 11.6 Å². The van der Waals surface area contributed by atoms with Crippen LogP contribution in [-0.4, -0.2) is 50.1 Å². The summed E-state index contributed by atoms with van der Waals surface area (Å²) >= 11 is 0. The molecular weight excluding hydrogens is 242 g/mol. The number of anilines is 1. The van der Waals surface area contributed by atoms with Crippen LogP contribution in [0.2, 0.25) is 0 Å². The number of rotatable bonds is 6. The molecule has 0 radical (unpaired) electrons. The Morgan fingerprint density at radius 2 is 2.21 bits per heavy atom. The molecule has 1 aliphatic heterocycles. The van der Waals surface area contributed by atoms with Gasteiger partial charge in [-0.15, -0.1) is 0 Å². The van der Waals surface area contributed by atoms with Gasteiger partial charge in [0, 0.05) is 19.1 Å². The van der Waals surface area contributed by atoms with Gasteiger partial charge in [-0.25, -0.2) is 0 Å². The number of carbonyl (C=O) groups excluding carboxylic acids is 1. The van der Waals surface area contributed by atoms with Crippen LogP contribution in [0.3, 0.4) is 0 Å². The van der Waals surface area contributed by atoms with Gasteiger partial charge < -0.3 is 15.4 Å². The van der Waals surface area contributed by atoms with Gasteiger partial charge in [0.2, 0.25) is 5.91 Å². The van der Waals surface area contributed by atoms with Crippen LogP contribution in [0.1, 0.15) is 6.92 Å². The molecule has 0 saturated carbocycles. The maximum absolute atomic E-state index is 12.0. The summed E-state index contributed by atoms with van der Waals surface area (Å²) < 4.78 is 5.48. The molecule has 1 heterocycles. The van der Waals surface area contributed by atoms with Crippen molar-refractivity contribution in [1.29, 1.82) is 0 Å². The standard InChI is InChI=1S/C14H21N3O2/c1-3-19-13-7-5-4-6-12(13)16-14(18)10-17(2)11-8-15-9-11/h4-7,11,15H,3,8-10H2,1-2H3,(H,16,18). The molecule has 5 heteroatoms. The highest BCUT2D eigenvalue weighted by Gasteiger charge is 2.23. The summed E-state index contributed by atoms with van der Waals surface area (Å²) in [5.41, 5.74) is 0.731. The predicted octanol–water partition coefficient (Wildman–Crippen LogP) is 0.927. The molecule has 1 aromatic carbocycles. The van der Waals surface area contributed by atoms with Crippen molar-refractivity contribution in [3.63, 3.8) is 0 Å². The van der Waals surface area contributed by atoms with Gasteiger partial charge in [-0.2, -0.15) is 0 Å². The van der Waals surface area contributed by atoms with Crippen molar-refractivity contribution in [2.45, 2.75) is 13.0 Å². The maximum atomic E-state index is 12.0. The molecule has 2 rings (SSSR count). The number of para-hydroxylation sites is 2.